The number of aromatic nitrogens is 2. The van der Waals surface area contributed by atoms with E-state index < -0.39 is 0 Å². The van der Waals surface area contributed by atoms with Crippen molar-refractivity contribution in [2.24, 2.45) is 0 Å². The topological polar surface area (TPSA) is 56.2 Å². The van der Waals surface area contributed by atoms with Crippen LogP contribution in [-0.2, 0) is 13.2 Å². The molecule has 1 amide bonds. The Balaban J connectivity index is 1.62. The Morgan fingerprint density at radius 3 is 2.96 bits per heavy atom. The first-order chi connectivity index (χ1) is 12.1. The van der Waals surface area contributed by atoms with Gasteiger partial charge >= 0.3 is 0 Å². The number of ether oxygens (including phenoxy) is 1. The first-order valence-electron chi connectivity index (χ1n) is 7.86. The molecule has 0 fully saturated rings. The third-order valence-corrected chi connectivity index (χ3v) is 4.71. The number of nitrogens with one attached hydrogen (secondary N) is 1. The maximum atomic E-state index is 13.1. The lowest BCUT2D eigenvalue weighted by Crippen LogP contribution is -2.11. The van der Waals surface area contributed by atoms with E-state index in [-0.39, 0.29) is 18.3 Å². The molecule has 5 nitrogen and oxygen atoms in total. The number of amides is 1. The number of carbonyl (C=O) groups excluding carboxylic acids is 1. The van der Waals surface area contributed by atoms with Crippen LogP contribution in [0.2, 0.25) is 0 Å². The SMILES string of the molecule is CCn1ncc(NC(=O)c2cc(COc3cccc(F)c3)cs2)c1C. The van der Waals surface area contributed by atoms with Gasteiger partial charge in [0.2, 0.25) is 0 Å². The Morgan fingerprint density at radius 2 is 2.24 bits per heavy atom. The van der Waals surface area contributed by atoms with E-state index in [0.717, 1.165) is 17.8 Å². The normalized spacial score (nSPS) is 10.7. The van der Waals surface area contributed by atoms with Crippen molar-refractivity contribution < 1.29 is 13.9 Å². The third-order valence-electron chi connectivity index (χ3n) is 3.73. The van der Waals surface area contributed by atoms with Crippen LogP contribution in [-0.4, -0.2) is 15.7 Å². The van der Waals surface area contributed by atoms with Crippen LogP contribution in [0, 0.1) is 12.7 Å². The highest BCUT2D eigenvalue weighted by atomic mass is 32.1. The van der Waals surface area contributed by atoms with Gasteiger partial charge in [-0.1, -0.05) is 6.07 Å². The molecular formula is C18H18FN3O2S. The maximum absolute atomic E-state index is 13.1. The third kappa shape index (κ3) is 4.06. The molecule has 1 N–H and O–H groups in total. The van der Waals surface area contributed by atoms with Gasteiger partial charge in [0.15, 0.2) is 0 Å². The van der Waals surface area contributed by atoms with Crippen molar-refractivity contribution in [3.63, 3.8) is 0 Å². The van der Waals surface area contributed by atoms with Gasteiger partial charge in [0, 0.05) is 18.2 Å². The Kier molecular flexibility index (Phi) is 5.14. The van der Waals surface area contributed by atoms with Crippen LogP contribution in [0.3, 0.4) is 0 Å². The van der Waals surface area contributed by atoms with E-state index in [9.17, 15) is 9.18 Å². The van der Waals surface area contributed by atoms with Crippen molar-refractivity contribution in [1.82, 2.24) is 9.78 Å². The van der Waals surface area contributed by atoms with Crippen molar-refractivity contribution in [3.05, 3.63) is 63.9 Å². The van der Waals surface area contributed by atoms with Gasteiger partial charge in [0.05, 0.1) is 22.5 Å². The number of anilines is 1. The quantitative estimate of drug-likeness (QED) is 0.716. The van der Waals surface area contributed by atoms with E-state index in [2.05, 4.69) is 10.4 Å². The summed E-state index contributed by atoms with van der Waals surface area (Å²) >= 11 is 1.34. The molecule has 25 heavy (non-hydrogen) atoms. The number of rotatable bonds is 6. The zero-order valence-corrected chi connectivity index (χ0v) is 14.8. The molecule has 0 atom stereocenters. The molecule has 0 aliphatic heterocycles. The highest BCUT2D eigenvalue weighted by molar-refractivity contribution is 7.12. The van der Waals surface area contributed by atoms with Gasteiger partial charge in [-0.25, -0.2) is 4.39 Å². The van der Waals surface area contributed by atoms with Gasteiger partial charge in [0.1, 0.15) is 18.2 Å². The number of aryl methyl sites for hydroxylation is 1. The molecule has 0 spiro atoms. The van der Waals surface area contributed by atoms with Crippen LogP contribution in [0.1, 0.15) is 27.9 Å². The fraction of sp³-hybridized carbons (Fsp3) is 0.222. The lowest BCUT2D eigenvalue weighted by Gasteiger charge is -2.04. The molecule has 130 valence electrons. The fourth-order valence-electron chi connectivity index (χ4n) is 2.37. The van der Waals surface area contributed by atoms with Crippen LogP contribution in [0.5, 0.6) is 5.75 Å². The number of carbonyl (C=O) groups is 1. The highest BCUT2D eigenvalue weighted by Gasteiger charge is 2.13. The largest absolute Gasteiger partial charge is 0.489 e. The Labute approximate surface area is 149 Å². The van der Waals surface area contributed by atoms with E-state index in [1.54, 1.807) is 24.4 Å². The van der Waals surface area contributed by atoms with Crippen molar-refractivity contribution in [1.29, 1.82) is 0 Å². The molecule has 2 heterocycles. The molecule has 0 unspecified atom stereocenters. The van der Waals surface area contributed by atoms with E-state index in [1.165, 1.54) is 23.5 Å². The summed E-state index contributed by atoms with van der Waals surface area (Å²) in [4.78, 5) is 13.0. The molecule has 7 heteroatoms. The Morgan fingerprint density at radius 1 is 1.40 bits per heavy atom. The van der Waals surface area contributed by atoms with Gasteiger partial charge in [-0.3, -0.25) is 9.48 Å². The molecule has 0 saturated heterocycles. The predicted molar refractivity (Wildman–Crippen MR) is 95.6 cm³/mol. The summed E-state index contributed by atoms with van der Waals surface area (Å²) in [6.45, 7) is 4.94. The average Bonchev–Trinajstić information content (AvgIpc) is 3.21. The van der Waals surface area contributed by atoms with Gasteiger partial charge in [-0.05, 0) is 37.4 Å². The zero-order valence-electron chi connectivity index (χ0n) is 14.0. The van der Waals surface area contributed by atoms with Crippen molar-refractivity contribution in [2.75, 3.05) is 5.32 Å². The molecule has 1 aromatic carbocycles. The smallest absolute Gasteiger partial charge is 0.265 e. The van der Waals surface area contributed by atoms with Crippen molar-refractivity contribution in [2.45, 2.75) is 27.0 Å². The Bertz CT molecular complexity index is 888. The Hall–Kier alpha value is -2.67. The van der Waals surface area contributed by atoms with Gasteiger partial charge in [-0.2, -0.15) is 5.10 Å². The summed E-state index contributed by atoms with van der Waals surface area (Å²) in [5, 5.41) is 8.94. The molecule has 0 saturated carbocycles. The molecule has 3 aromatic rings. The van der Waals surface area contributed by atoms with E-state index in [1.807, 2.05) is 23.9 Å². The number of benzene rings is 1. The highest BCUT2D eigenvalue weighted by Crippen LogP contribution is 2.21. The first kappa shape index (κ1) is 17.2. The summed E-state index contributed by atoms with van der Waals surface area (Å²) in [7, 11) is 0. The van der Waals surface area contributed by atoms with Crippen LogP contribution >= 0.6 is 11.3 Å². The van der Waals surface area contributed by atoms with Gasteiger partial charge < -0.3 is 10.1 Å². The minimum atomic E-state index is -0.342. The van der Waals surface area contributed by atoms with Crippen LogP contribution < -0.4 is 10.1 Å². The second kappa shape index (κ2) is 7.48. The van der Waals surface area contributed by atoms with Gasteiger partial charge in [0.25, 0.3) is 5.91 Å². The molecule has 0 radical (unpaired) electrons. The zero-order chi connectivity index (χ0) is 17.8. The minimum Gasteiger partial charge on any atom is -0.489 e. The molecule has 0 aliphatic carbocycles. The number of hydrogen-bond acceptors (Lipinski definition) is 4. The van der Waals surface area contributed by atoms with Crippen LogP contribution in [0.15, 0.2) is 41.9 Å². The van der Waals surface area contributed by atoms with Crippen molar-refractivity contribution >= 4 is 22.9 Å². The van der Waals surface area contributed by atoms with Crippen LogP contribution in [0.4, 0.5) is 10.1 Å². The van der Waals surface area contributed by atoms with Crippen LogP contribution in [0.25, 0.3) is 0 Å². The van der Waals surface area contributed by atoms with E-state index in [4.69, 9.17) is 4.74 Å². The summed E-state index contributed by atoms with van der Waals surface area (Å²) in [5.41, 5.74) is 2.49. The maximum Gasteiger partial charge on any atom is 0.265 e. The van der Waals surface area contributed by atoms with E-state index >= 15 is 0 Å². The fourth-order valence-corrected chi connectivity index (χ4v) is 3.16. The molecule has 0 aliphatic rings. The molecule has 2 aromatic heterocycles. The number of halogens is 1. The van der Waals surface area contributed by atoms with Gasteiger partial charge in [-0.15, -0.1) is 11.3 Å². The summed E-state index contributed by atoms with van der Waals surface area (Å²) in [5.74, 6) is -0.0635. The molecule has 3 rings (SSSR count). The monoisotopic (exact) mass is 359 g/mol. The summed E-state index contributed by atoms with van der Waals surface area (Å²) in [6, 6.07) is 7.75. The average molecular weight is 359 g/mol. The minimum absolute atomic E-state index is 0.180. The summed E-state index contributed by atoms with van der Waals surface area (Å²) in [6.07, 6.45) is 1.65. The predicted octanol–water partition coefficient (Wildman–Crippen LogP) is 4.24. The lowest BCUT2D eigenvalue weighted by atomic mass is 10.3. The summed E-state index contributed by atoms with van der Waals surface area (Å²) < 4.78 is 20.5. The molecular weight excluding hydrogens is 341 g/mol. The second-order valence-corrected chi connectivity index (χ2v) is 6.39. The number of thiophene rings is 1. The number of nitrogens with zero attached hydrogens (tertiary/aromatic N) is 2. The standard InChI is InChI=1S/C18H18FN3O2S/c1-3-22-12(2)16(9-20-22)21-18(23)17-7-13(11-25-17)10-24-15-6-4-5-14(19)8-15/h4-9,11H,3,10H2,1-2H3,(H,21,23). The van der Waals surface area contributed by atoms with Crippen molar-refractivity contribution in [3.8, 4) is 5.75 Å². The second-order valence-electron chi connectivity index (χ2n) is 5.48. The molecule has 0 bridgehead atoms. The first-order valence-corrected chi connectivity index (χ1v) is 8.74. The number of hydrogen-bond donors (Lipinski definition) is 1. The lowest BCUT2D eigenvalue weighted by molar-refractivity contribution is 0.103. The van der Waals surface area contributed by atoms with E-state index in [0.29, 0.717) is 16.3 Å².